The first-order valence-corrected chi connectivity index (χ1v) is 4.06. The van der Waals surface area contributed by atoms with E-state index in [-0.39, 0.29) is 19.5 Å². The molecule has 1 aromatic carbocycles. The van der Waals surface area contributed by atoms with E-state index in [0.29, 0.717) is 0 Å². The van der Waals surface area contributed by atoms with E-state index in [1.165, 1.54) is 0 Å². The fraction of sp³-hybridized carbons (Fsp3) is 0. The summed E-state index contributed by atoms with van der Waals surface area (Å²) in [5.74, 6) is 0. The third-order valence-electron chi connectivity index (χ3n) is 0.843. The van der Waals surface area contributed by atoms with Gasteiger partial charge in [0.1, 0.15) is 0 Å². The Balaban J connectivity index is 0. The molecule has 0 spiro atoms. The smallest absolute Gasteiger partial charge is 0.324 e. The molecule has 5 heteroatoms. The molecule has 0 fully saturated rings. The van der Waals surface area contributed by atoms with E-state index in [1.807, 2.05) is 30.3 Å². The van der Waals surface area contributed by atoms with Crippen LogP contribution in [-0.2, 0) is 19.5 Å². The van der Waals surface area contributed by atoms with Gasteiger partial charge >= 0.3 is 8.60 Å². The molecule has 3 N–H and O–H groups in total. The van der Waals surface area contributed by atoms with Gasteiger partial charge in [-0.25, -0.2) is 0 Å². The fourth-order valence-corrected chi connectivity index (χ4v) is 0.478. The second-order valence-corrected chi connectivity index (χ2v) is 2.29. The van der Waals surface area contributed by atoms with Crippen LogP contribution in [0.4, 0.5) is 0 Å². The number of hydrogen-bond donors (Lipinski definition) is 3. The van der Waals surface area contributed by atoms with Crippen molar-refractivity contribution in [1.29, 1.82) is 0 Å². The van der Waals surface area contributed by atoms with Gasteiger partial charge in [-0.15, -0.1) is 12.1 Å². The maximum Gasteiger partial charge on any atom is 0.324 e. The predicted molar refractivity (Wildman–Crippen MR) is 44.5 cm³/mol. The molecule has 0 aliphatic carbocycles. The molecule has 0 aliphatic heterocycles. The van der Waals surface area contributed by atoms with Gasteiger partial charge in [-0.3, -0.25) is 0 Å². The van der Waals surface area contributed by atoms with E-state index < -0.39 is 8.60 Å². The molecule has 1 aromatic rings. The maximum absolute atomic E-state index is 7.23. The Morgan fingerprint density at radius 1 is 1.00 bits per heavy atom. The molecule has 0 bridgehead atoms. The molecular weight excluding hydrogens is 228 g/mol. The van der Waals surface area contributed by atoms with Gasteiger partial charge in [0, 0.05) is 19.5 Å². The van der Waals surface area contributed by atoms with Crippen molar-refractivity contribution in [2.24, 2.45) is 0 Å². The minimum Gasteiger partial charge on any atom is -0.328 e. The Morgan fingerprint density at radius 2 is 1.33 bits per heavy atom. The minimum absolute atomic E-state index is 0. The van der Waals surface area contributed by atoms with Gasteiger partial charge in [-0.05, 0) is 0 Å². The van der Waals surface area contributed by atoms with Crippen molar-refractivity contribution in [1.82, 2.24) is 0 Å². The van der Waals surface area contributed by atoms with Crippen molar-refractivity contribution in [3.8, 4) is 0 Å². The van der Waals surface area contributed by atoms with Crippen LogP contribution in [0.2, 0.25) is 0 Å². The van der Waals surface area contributed by atoms with Crippen molar-refractivity contribution >= 4 is 8.60 Å². The van der Waals surface area contributed by atoms with Gasteiger partial charge in [0.2, 0.25) is 0 Å². The van der Waals surface area contributed by atoms with Gasteiger partial charge < -0.3 is 14.7 Å². The topological polar surface area (TPSA) is 60.7 Å². The van der Waals surface area contributed by atoms with Crippen LogP contribution in [0.3, 0.4) is 0 Å². The molecule has 0 aromatic heterocycles. The van der Waals surface area contributed by atoms with E-state index in [1.54, 1.807) is 0 Å². The molecule has 0 unspecified atom stereocenters. The molecule has 0 heterocycles. The third kappa shape index (κ3) is 12.7. The zero-order valence-corrected chi connectivity index (χ0v) is 10.5. The largest absolute Gasteiger partial charge is 0.328 e. The Labute approximate surface area is 85.8 Å². The molecular formula is C7H10O3PZn-. The fourth-order valence-electron chi connectivity index (χ4n) is 0.478. The maximum atomic E-state index is 7.23. The standard InChI is InChI=1S/C7H7.H3O3P.Zn/c1-7-5-3-2-4-6-7;1-4(2)3;/h2-6H,1H2;1-3H;/q-1;;. The monoisotopic (exact) mass is 237 g/mol. The Kier molecular flexibility index (Phi) is 11.0. The van der Waals surface area contributed by atoms with Crippen LogP contribution in [0.25, 0.3) is 0 Å². The summed E-state index contributed by atoms with van der Waals surface area (Å²) in [6.07, 6.45) is 0. The zero-order valence-electron chi connectivity index (χ0n) is 6.59. The molecule has 64 valence electrons. The van der Waals surface area contributed by atoms with Gasteiger partial charge in [0.25, 0.3) is 0 Å². The summed E-state index contributed by atoms with van der Waals surface area (Å²) in [5.41, 5.74) is 1.07. The van der Waals surface area contributed by atoms with E-state index in [0.717, 1.165) is 5.56 Å². The summed E-state index contributed by atoms with van der Waals surface area (Å²) in [7, 11) is -2.62. The van der Waals surface area contributed by atoms with Crippen molar-refractivity contribution < 1.29 is 34.2 Å². The average Bonchev–Trinajstić information content (AvgIpc) is 1.87. The molecule has 0 amide bonds. The molecule has 0 atom stereocenters. The molecule has 0 radical (unpaired) electrons. The molecule has 0 saturated heterocycles. The van der Waals surface area contributed by atoms with Crippen LogP contribution in [0.5, 0.6) is 0 Å². The summed E-state index contributed by atoms with van der Waals surface area (Å²) < 4.78 is 0. The summed E-state index contributed by atoms with van der Waals surface area (Å²) in [5, 5.41) is 0. The number of benzene rings is 1. The Morgan fingerprint density at radius 3 is 1.50 bits per heavy atom. The van der Waals surface area contributed by atoms with Crippen LogP contribution in [0.1, 0.15) is 5.56 Å². The Hall–Kier alpha value is 0.0234. The average molecular weight is 239 g/mol. The zero-order chi connectivity index (χ0) is 8.69. The van der Waals surface area contributed by atoms with Crippen LogP contribution in [0.15, 0.2) is 30.3 Å². The third-order valence-corrected chi connectivity index (χ3v) is 0.843. The van der Waals surface area contributed by atoms with E-state index in [2.05, 4.69) is 6.92 Å². The molecule has 12 heavy (non-hydrogen) atoms. The summed E-state index contributed by atoms with van der Waals surface area (Å²) in [6, 6.07) is 9.87. The molecule has 1 rings (SSSR count). The number of rotatable bonds is 0. The summed E-state index contributed by atoms with van der Waals surface area (Å²) >= 11 is 0. The van der Waals surface area contributed by atoms with E-state index in [9.17, 15) is 0 Å². The quantitative estimate of drug-likeness (QED) is 0.360. The molecule has 3 nitrogen and oxygen atoms in total. The van der Waals surface area contributed by atoms with E-state index >= 15 is 0 Å². The second kappa shape index (κ2) is 9.11. The minimum atomic E-state index is -2.62. The van der Waals surface area contributed by atoms with Gasteiger partial charge in [0.05, 0.1) is 0 Å². The van der Waals surface area contributed by atoms with Gasteiger partial charge in [-0.1, -0.05) is 6.07 Å². The van der Waals surface area contributed by atoms with Crippen molar-refractivity contribution in [3.63, 3.8) is 0 Å². The summed E-state index contributed by atoms with van der Waals surface area (Å²) in [6.45, 7) is 3.72. The van der Waals surface area contributed by atoms with Crippen LogP contribution >= 0.6 is 8.60 Å². The van der Waals surface area contributed by atoms with Crippen LogP contribution in [-0.4, -0.2) is 14.7 Å². The number of hydrogen-bond acceptors (Lipinski definition) is 3. The predicted octanol–water partition coefficient (Wildman–Crippen LogP) is 1.06. The van der Waals surface area contributed by atoms with Gasteiger partial charge in [-0.2, -0.15) is 24.6 Å². The second-order valence-electron chi connectivity index (χ2n) is 1.75. The SMILES string of the molecule is OP(O)O.[CH2-]c1ccccc1.[Zn]. The van der Waals surface area contributed by atoms with Crippen LogP contribution < -0.4 is 0 Å². The van der Waals surface area contributed by atoms with Crippen molar-refractivity contribution in [3.05, 3.63) is 42.8 Å². The first-order valence-electron chi connectivity index (χ1n) is 2.86. The normalized spacial score (nSPS) is 8.00. The molecule has 0 aliphatic rings. The first kappa shape index (κ1) is 14.5. The first-order chi connectivity index (χ1) is 5.13. The van der Waals surface area contributed by atoms with Crippen molar-refractivity contribution in [2.75, 3.05) is 0 Å². The van der Waals surface area contributed by atoms with Crippen molar-refractivity contribution in [2.45, 2.75) is 0 Å². The molecule has 0 saturated carbocycles. The van der Waals surface area contributed by atoms with E-state index in [4.69, 9.17) is 14.7 Å². The Bertz CT molecular complexity index is 179. The van der Waals surface area contributed by atoms with Gasteiger partial charge in [0.15, 0.2) is 0 Å². The summed E-state index contributed by atoms with van der Waals surface area (Å²) in [4.78, 5) is 21.7. The van der Waals surface area contributed by atoms with Crippen LogP contribution in [0, 0.1) is 6.92 Å².